The van der Waals surface area contributed by atoms with Gasteiger partial charge in [0.2, 0.25) is 0 Å². The van der Waals surface area contributed by atoms with E-state index in [1.165, 1.54) is 12.1 Å². The van der Waals surface area contributed by atoms with Crippen LogP contribution in [-0.2, 0) is 19.5 Å². The second kappa shape index (κ2) is 13.5. The van der Waals surface area contributed by atoms with Gasteiger partial charge in [0.05, 0.1) is 40.5 Å². The Labute approximate surface area is 240 Å². The van der Waals surface area contributed by atoms with Gasteiger partial charge in [0.1, 0.15) is 10.6 Å². The van der Waals surface area contributed by atoms with Crippen LogP contribution in [-0.4, -0.2) is 18.2 Å². The Morgan fingerprint density at radius 2 is 1.15 bits per heavy atom. The van der Waals surface area contributed by atoms with Crippen molar-refractivity contribution in [2.45, 2.75) is 30.6 Å². The van der Waals surface area contributed by atoms with Crippen molar-refractivity contribution in [3.05, 3.63) is 95.6 Å². The van der Waals surface area contributed by atoms with E-state index < -0.39 is 15.0 Å². The third kappa shape index (κ3) is 8.40. The minimum absolute atomic E-state index is 0.0723. The van der Waals surface area contributed by atoms with Gasteiger partial charge in [-0.15, -0.1) is 9.45 Å². The van der Waals surface area contributed by atoms with Crippen molar-refractivity contribution in [3.63, 3.8) is 0 Å². The molecule has 2 N–H and O–H groups in total. The maximum absolute atomic E-state index is 12.1. The molecule has 0 saturated carbocycles. The first-order chi connectivity index (χ1) is 19.6. The summed E-state index contributed by atoms with van der Waals surface area (Å²) in [5.74, 6) is 0. The monoisotopic (exact) mass is 592 g/mol. The van der Waals surface area contributed by atoms with E-state index in [-0.39, 0.29) is 11.4 Å². The van der Waals surface area contributed by atoms with Crippen molar-refractivity contribution in [3.8, 4) is 0 Å². The number of benzene rings is 4. The number of hydrogen-bond acceptors (Lipinski definition) is 12. The van der Waals surface area contributed by atoms with E-state index in [1.807, 2.05) is 39.0 Å². The van der Waals surface area contributed by atoms with E-state index in [4.69, 9.17) is 5.26 Å². The van der Waals surface area contributed by atoms with Crippen LogP contribution in [0.5, 0.6) is 0 Å². The van der Waals surface area contributed by atoms with Crippen LogP contribution in [0.4, 0.5) is 34.1 Å². The van der Waals surface area contributed by atoms with Gasteiger partial charge in [0.25, 0.3) is 10.1 Å². The van der Waals surface area contributed by atoms with Crippen LogP contribution >= 0.6 is 12.0 Å². The van der Waals surface area contributed by atoms with Crippen molar-refractivity contribution in [1.82, 2.24) is 0 Å². The van der Waals surface area contributed by atoms with Crippen LogP contribution in [0.25, 0.3) is 0 Å². The van der Waals surface area contributed by atoms with Gasteiger partial charge in [0, 0.05) is 4.90 Å². The molecule has 0 bridgehead atoms. The summed E-state index contributed by atoms with van der Waals surface area (Å²) in [6.07, 6.45) is 0. The van der Waals surface area contributed by atoms with Crippen LogP contribution < -0.4 is 0 Å². The SMILES string of the molecule is Cc1ccc(N=Nc2ccc(N=Nc3ccc(N=Nc4ccc(SOOO)cc4)cc3S(=O)(=O)O)c(C)c2)c(C)c1. The summed E-state index contributed by atoms with van der Waals surface area (Å²) in [6, 6.07) is 21.7. The molecule has 0 heterocycles. The number of rotatable bonds is 10. The Hall–Kier alpha value is -4.18. The van der Waals surface area contributed by atoms with Crippen LogP contribution in [0.15, 0.2) is 119 Å². The van der Waals surface area contributed by atoms with Crippen molar-refractivity contribution in [1.29, 1.82) is 0 Å². The molecule has 41 heavy (non-hydrogen) atoms. The normalized spacial score (nSPS) is 12.2. The molecule has 0 radical (unpaired) electrons. The second-order valence-electron chi connectivity index (χ2n) is 8.71. The van der Waals surface area contributed by atoms with Crippen LogP contribution in [0.2, 0.25) is 0 Å². The lowest BCUT2D eigenvalue weighted by Crippen LogP contribution is -1.98. The van der Waals surface area contributed by atoms with Crippen LogP contribution in [0.1, 0.15) is 16.7 Å². The number of aryl methyl sites for hydroxylation is 3. The predicted octanol–water partition coefficient (Wildman–Crippen LogP) is 9.53. The van der Waals surface area contributed by atoms with Crippen molar-refractivity contribution in [2.24, 2.45) is 30.7 Å². The second-order valence-corrected chi connectivity index (χ2v) is 10.9. The summed E-state index contributed by atoms with van der Waals surface area (Å²) in [5.41, 5.74) is 5.34. The molecule has 12 nitrogen and oxygen atoms in total. The van der Waals surface area contributed by atoms with E-state index >= 15 is 0 Å². The molecule has 0 spiro atoms. The minimum Gasteiger partial charge on any atom is -0.282 e. The molecule has 0 aliphatic heterocycles. The lowest BCUT2D eigenvalue weighted by atomic mass is 10.1. The van der Waals surface area contributed by atoms with E-state index in [1.54, 1.807) is 42.5 Å². The van der Waals surface area contributed by atoms with E-state index in [2.05, 4.69) is 40.1 Å². The van der Waals surface area contributed by atoms with Gasteiger partial charge in [-0.1, -0.05) is 22.7 Å². The molecule has 4 aromatic carbocycles. The van der Waals surface area contributed by atoms with Gasteiger partial charge < -0.3 is 0 Å². The van der Waals surface area contributed by atoms with Crippen molar-refractivity contribution >= 4 is 56.3 Å². The zero-order valence-electron chi connectivity index (χ0n) is 22.0. The lowest BCUT2D eigenvalue weighted by Gasteiger charge is -2.04. The lowest BCUT2D eigenvalue weighted by molar-refractivity contribution is -0.432. The maximum Gasteiger partial charge on any atom is 0.296 e. The fourth-order valence-electron chi connectivity index (χ4n) is 3.54. The van der Waals surface area contributed by atoms with E-state index in [0.717, 1.165) is 40.5 Å². The van der Waals surface area contributed by atoms with Gasteiger partial charge >= 0.3 is 0 Å². The Bertz CT molecular complexity index is 1740. The molecular formula is C27H24N6O6S2. The fraction of sp³-hybridized carbons (Fsp3) is 0.111. The molecule has 0 fully saturated rings. The molecule has 4 aromatic rings. The zero-order valence-corrected chi connectivity index (χ0v) is 23.7. The Kier molecular flexibility index (Phi) is 9.78. The van der Waals surface area contributed by atoms with E-state index in [0.29, 0.717) is 22.0 Å². The van der Waals surface area contributed by atoms with Crippen LogP contribution in [0, 0.1) is 20.8 Å². The van der Waals surface area contributed by atoms with E-state index in [9.17, 15) is 13.0 Å². The third-order valence-electron chi connectivity index (χ3n) is 5.57. The van der Waals surface area contributed by atoms with Gasteiger partial charge in [-0.25, -0.2) is 5.26 Å². The van der Waals surface area contributed by atoms with Gasteiger partial charge in [-0.3, -0.25) is 4.55 Å². The maximum atomic E-state index is 12.1. The fourth-order valence-corrected chi connectivity index (χ4v) is 4.54. The standard InChI is InChI=1S/C27H24N6O6S2/c1-17-4-11-24(18(2)14-17)31-30-21-7-12-25(19(3)15-21)32-33-26-13-8-22(16-27(26)41(35,36)37)29-28-20-5-9-23(10-6-20)40-39-38-34/h4-16,34H,1-3H3,(H,35,36,37). The Morgan fingerprint density at radius 1 is 0.634 bits per heavy atom. The molecule has 210 valence electrons. The Balaban J connectivity index is 1.52. The molecule has 0 amide bonds. The molecule has 0 saturated heterocycles. The number of hydrogen-bond donors (Lipinski definition) is 2. The van der Waals surface area contributed by atoms with Crippen molar-refractivity contribution < 1.29 is 27.6 Å². The van der Waals surface area contributed by atoms with Gasteiger partial charge in [0.15, 0.2) is 0 Å². The highest BCUT2D eigenvalue weighted by molar-refractivity contribution is 7.94. The molecule has 0 unspecified atom stereocenters. The first-order valence-electron chi connectivity index (χ1n) is 11.9. The topological polar surface area (TPSA) is 167 Å². The van der Waals surface area contributed by atoms with Gasteiger partial charge in [-0.05, 0) is 98.6 Å². The van der Waals surface area contributed by atoms with Crippen molar-refractivity contribution in [2.75, 3.05) is 0 Å². The summed E-state index contributed by atoms with van der Waals surface area (Å²) in [5, 5.41) is 36.7. The summed E-state index contributed by atoms with van der Waals surface area (Å²) in [4.78, 5) is 0.162. The molecule has 4 rings (SSSR count). The molecule has 0 aliphatic rings. The highest BCUT2D eigenvalue weighted by Gasteiger charge is 2.17. The largest absolute Gasteiger partial charge is 0.296 e. The quantitative estimate of drug-likeness (QED) is 0.0607. The summed E-state index contributed by atoms with van der Waals surface area (Å²) in [6.45, 7) is 5.80. The van der Waals surface area contributed by atoms with Crippen LogP contribution in [0.3, 0.4) is 0 Å². The third-order valence-corrected chi connectivity index (χ3v) is 7.05. The summed E-state index contributed by atoms with van der Waals surface area (Å²) in [7, 11) is -4.65. The van der Waals surface area contributed by atoms with Gasteiger partial charge in [-0.2, -0.15) is 34.0 Å². The number of nitrogens with zero attached hydrogens (tertiary/aromatic N) is 6. The molecule has 0 aliphatic carbocycles. The molecule has 0 aromatic heterocycles. The smallest absolute Gasteiger partial charge is 0.282 e. The highest BCUT2D eigenvalue weighted by Crippen LogP contribution is 2.33. The molecular weight excluding hydrogens is 568 g/mol. The average Bonchev–Trinajstić information content (AvgIpc) is 2.94. The summed E-state index contributed by atoms with van der Waals surface area (Å²) < 4.78 is 38.3. The first-order valence-corrected chi connectivity index (χ1v) is 14.1. The molecule has 0 atom stereocenters. The Morgan fingerprint density at radius 3 is 1.78 bits per heavy atom. The minimum atomic E-state index is -4.65. The average molecular weight is 593 g/mol. The first kappa shape index (κ1) is 29.8. The number of azo groups is 3. The zero-order chi connectivity index (χ0) is 29.4. The highest BCUT2D eigenvalue weighted by atomic mass is 32.2. The molecule has 14 heteroatoms. The predicted molar refractivity (Wildman–Crippen MR) is 153 cm³/mol. The summed E-state index contributed by atoms with van der Waals surface area (Å²) >= 11 is 0.789.